The summed E-state index contributed by atoms with van der Waals surface area (Å²) < 4.78 is 54.9. The summed E-state index contributed by atoms with van der Waals surface area (Å²) in [5, 5.41) is 2.51. The van der Waals surface area contributed by atoms with E-state index in [0.29, 0.717) is 13.0 Å². The second kappa shape index (κ2) is 9.00. The van der Waals surface area contributed by atoms with Crippen molar-refractivity contribution >= 4 is 15.9 Å². The number of hydrogen-bond acceptors (Lipinski definition) is 3. The first kappa shape index (κ1) is 21.4. The Balaban J connectivity index is 1.69. The van der Waals surface area contributed by atoms with Gasteiger partial charge in [0.15, 0.2) is 0 Å². The summed E-state index contributed by atoms with van der Waals surface area (Å²) >= 11 is 0. The van der Waals surface area contributed by atoms with Crippen LogP contribution in [0.2, 0.25) is 0 Å². The first-order chi connectivity index (χ1) is 13.8. The highest BCUT2D eigenvalue weighted by atomic mass is 32.2. The predicted molar refractivity (Wildman–Crippen MR) is 106 cm³/mol. The average molecular weight is 422 g/mol. The Hall–Kier alpha value is -2.32. The van der Waals surface area contributed by atoms with Crippen LogP contribution < -0.4 is 5.32 Å². The molecule has 0 bridgehead atoms. The third-order valence-corrected chi connectivity index (χ3v) is 7.11. The van der Waals surface area contributed by atoms with Crippen molar-refractivity contribution in [2.75, 3.05) is 6.54 Å². The van der Waals surface area contributed by atoms with Crippen LogP contribution in [-0.2, 0) is 21.4 Å². The van der Waals surface area contributed by atoms with Gasteiger partial charge in [0.1, 0.15) is 11.6 Å². The van der Waals surface area contributed by atoms with E-state index in [2.05, 4.69) is 5.32 Å². The molecule has 3 rings (SSSR count). The summed E-state index contributed by atoms with van der Waals surface area (Å²) in [6.45, 7) is 1.94. The van der Waals surface area contributed by atoms with Crippen molar-refractivity contribution < 1.29 is 22.0 Å². The van der Waals surface area contributed by atoms with Crippen LogP contribution in [0, 0.1) is 18.6 Å². The number of rotatable bonds is 6. The molecule has 1 saturated heterocycles. The maximum Gasteiger partial charge on any atom is 0.243 e. The van der Waals surface area contributed by atoms with Gasteiger partial charge in [-0.25, -0.2) is 17.2 Å². The molecule has 1 atom stereocenters. The molecule has 1 aliphatic heterocycles. The molecule has 0 aromatic heterocycles. The minimum Gasteiger partial charge on any atom is -0.352 e. The minimum absolute atomic E-state index is 0.0544. The zero-order chi connectivity index (χ0) is 21.0. The van der Waals surface area contributed by atoms with Crippen molar-refractivity contribution in [2.24, 2.45) is 0 Å². The van der Waals surface area contributed by atoms with Crippen molar-refractivity contribution in [3.05, 3.63) is 65.2 Å². The molecule has 1 aliphatic rings. The standard InChI is InChI=1S/C21H24F2N2O3S/c1-15-8-10-17(11-9-15)29(27,28)25-12-3-2-5-16(25)13-21(26)24-14-18-19(22)6-4-7-20(18)23/h4,6-11,16H,2-3,5,12-14H2,1H3,(H,24,26)/t16-/m0/s1. The molecule has 29 heavy (non-hydrogen) atoms. The summed E-state index contributed by atoms with van der Waals surface area (Å²) in [5.41, 5.74) is 0.743. The Kier molecular flexibility index (Phi) is 6.64. The van der Waals surface area contributed by atoms with Crippen LogP contribution in [0.1, 0.15) is 36.8 Å². The molecular formula is C21H24F2N2O3S. The van der Waals surface area contributed by atoms with Crippen LogP contribution in [0.4, 0.5) is 8.78 Å². The Bertz CT molecular complexity index is 958. The van der Waals surface area contributed by atoms with Gasteiger partial charge in [-0.1, -0.05) is 30.2 Å². The van der Waals surface area contributed by atoms with E-state index in [1.807, 2.05) is 6.92 Å². The zero-order valence-corrected chi connectivity index (χ0v) is 17.0. The van der Waals surface area contributed by atoms with Crippen molar-refractivity contribution in [3.8, 4) is 0 Å². The highest BCUT2D eigenvalue weighted by molar-refractivity contribution is 7.89. The van der Waals surface area contributed by atoms with Gasteiger partial charge >= 0.3 is 0 Å². The Morgan fingerprint density at radius 3 is 2.41 bits per heavy atom. The van der Waals surface area contributed by atoms with Crippen molar-refractivity contribution in [1.29, 1.82) is 0 Å². The largest absolute Gasteiger partial charge is 0.352 e. The highest BCUT2D eigenvalue weighted by Crippen LogP contribution is 2.27. The van der Waals surface area contributed by atoms with Crippen LogP contribution in [-0.4, -0.2) is 31.2 Å². The summed E-state index contributed by atoms with van der Waals surface area (Å²) in [6.07, 6.45) is 2.05. The maximum atomic E-state index is 13.7. The van der Waals surface area contributed by atoms with Gasteiger partial charge in [0.25, 0.3) is 0 Å². The molecule has 1 heterocycles. The lowest BCUT2D eigenvalue weighted by Crippen LogP contribution is -2.45. The molecular weight excluding hydrogens is 398 g/mol. The number of hydrogen-bond donors (Lipinski definition) is 1. The fourth-order valence-electron chi connectivity index (χ4n) is 3.51. The minimum atomic E-state index is -3.72. The van der Waals surface area contributed by atoms with E-state index in [-0.39, 0.29) is 23.4 Å². The Morgan fingerprint density at radius 2 is 1.76 bits per heavy atom. The highest BCUT2D eigenvalue weighted by Gasteiger charge is 2.34. The van der Waals surface area contributed by atoms with E-state index in [1.54, 1.807) is 24.3 Å². The van der Waals surface area contributed by atoms with E-state index in [1.165, 1.54) is 10.4 Å². The molecule has 0 unspecified atom stereocenters. The molecule has 2 aromatic carbocycles. The molecule has 2 aromatic rings. The number of nitrogens with zero attached hydrogens (tertiary/aromatic N) is 1. The van der Waals surface area contributed by atoms with Crippen LogP contribution in [0.25, 0.3) is 0 Å². The lowest BCUT2D eigenvalue weighted by atomic mass is 10.0. The number of aryl methyl sites for hydroxylation is 1. The van der Waals surface area contributed by atoms with Gasteiger partial charge in [0.2, 0.25) is 15.9 Å². The zero-order valence-electron chi connectivity index (χ0n) is 16.2. The SMILES string of the molecule is Cc1ccc(S(=O)(=O)N2CCCC[C@H]2CC(=O)NCc2c(F)cccc2F)cc1. The van der Waals surface area contributed by atoms with Crippen LogP contribution >= 0.6 is 0 Å². The molecule has 5 nitrogen and oxygen atoms in total. The van der Waals surface area contributed by atoms with E-state index < -0.39 is 33.6 Å². The summed E-state index contributed by atoms with van der Waals surface area (Å²) in [4.78, 5) is 12.6. The third-order valence-electron chi connectivity index (χ3n) is 5.15. The number of carbonyl (C=O) groups excluding carboxylic acids is 1. The molecule has 156 valence electrons. The monoisotopic (exact) mass is 422 g/mol. The van der Waals surface area contributed by atoms with E-state index in [0.717, 1.165) is 30.5 Å². The van der Waals surface area contributed by atoms with Gasteiger partial charge in [-0.2, -0.15) is 4.31 Å². The van der Waals surface area contributed by atoms with Crippen LogP contribution in [0.3, 0.4) is 0 Å². The third kappa shape index (κ3) is 5.00. The van der Waals surface area contributed by atoms with E-state index >= 15 is 0 Å². The van der Waals surface area contributed by atoms with Gasteiger partial charge in [-0.3, -0.25) is 4.79 Å². The van der Waals surface area contributed by atoms with Gasteiger partial charge in [-0.05, 0) is 44.0 Å². The van der Waals surface area contributed by atoms with Crippen molar-refractivity contribution in [3.63, 3.8) is 0 Å². The molecule has 1 amide bonds. The molecule has 0 aliphatic carbocycles. The van der Waals surface area contributed by atoms with Crippen LogP contribution in [0.5, 0.6) is 0 Å². The van der Waals surface area contributed by atoms with Gasteiger partial charge < -0.3 is 5.32 Å². The Labute approximate surface area is 169 Å². The van der Waals surface area contributed by atoms with Gasteiger partial charge in [0.05, 0.1) is 4.90 Å². The summed E-state index contributed by atoms with van der Waals surface area (Å²) in [7, 11) is -3.72. The first-order valence-electron chi connectivity index (χ1n) is 9.57. The first-order valence-corrected chi connectivity index (χ1v) is 11.0. The Morgan fingerprint density at radius 1 is 1.10 bits per heavy atom. The van der Waals surface area contributed by atoms with Crippen molar-refractivity contribution in [1.82, 2.24) is 9.62 Å². The van der Waals surface area contributed by atoms with E-state index in [4.69, 9.17) is 0 Å². The molecule has 1 N–H and O–H groups in total. The number of halogens is 2. The fourth-order valence-corrected chi connectivity index (χ4v) is 5.21. The van der Waals surface area contributed by atoms with Crippen molar-refractivity contribution in [2.45, 2.75) is 50.1 Å². The molecule has 0 radical (unpaired) electrons. The van der Waals surface area contributed by atoms with E-state index in [9.17, 15) is 22.0 Å². The quantitative estimate of drug-likeness (QED) is 0.775. The maximum absolute atomic E-state index is 13.7. The topological polar surface area (TPSA) is 66.5 Å². The van der Waals surface area contributed by atoms with Crippen LogP contribution in [0.15, 0.2) is 47.4 Å². The number of sulfonamides is 1. The number of amides is 1. The molecule has 1 fully saturated rings. The smallest absolute Gasteiger partial charge is 0.243 e. The van der Waals surface area contributed by atoms with Gasteiger partial charge in [-0.15, -0.1) is 0 Å². The second-order valence-corrected chi connectivity index (χ2v) is 9.15. The fraction of sp³-hybridized carbons (Fsp3) is 0.381. The summed E-state index contributed by atoms with van der Waals surface area (Å²) in [6, 6.07) is 9.63. The molecule has 0 saturated carbocycles. The van der Waals surface area contributed by atoms with Gasteiger partial charge in [0, 0.05) is 31.1 Å². The number of carbonyl (C=O) groups is 1. The lowest BCUT2D eigenvalue weighted by Gasteiger charge is -2.34. The molecule has 0 spiro atoms. The number of benzene rings is 2. The average Bonchev–Trinajstić information content (AvgIpc) is 2.68. The normalized spacial score (nSPS) is 17.8. The molecule has 8 heteroatoms. The predicted octanol–water partition coefficient (Wildman–Crippen LogP) is 3.52. The number of piperidine rings is 1. The lowest BCUT2D eigenvalue weighted by molar-refractivity contribution is -0.122. The number of nitrogens with one attached hydrogen (secondary N) is 1. The summed E-state index contributed by atoms with van der Waals surface area (Å²) in [5.74, 6) is -1.90. The second-order valence-electron chi connectivity index (χ2n) is 7.26.